The number of rotatable bonds is 2. The second-order valence-corrected chi connectivity index (χ2v) is 6.11. The molecule has 1 aromatic rings. The van der Waals surface area contributed by atoms with E-state index in [0.29, 0.717) is 0 Å². The van der Waals surface area contributed by atoms with Crippen molar-refractivity contribution in [2.24, 2.45) is 5.41 Å². The average Bonchev–Trinajstić information content (AvgIpc) is 2.84. The van der Waals surface area contributed by atoms with Crippen molar-refractivity contribution >= 4 is 34.5 Å². The number of benzene rings is 1. The summed E-state index contributed by atoms with van der Waals surface area (Å²) >= 11 is 2.04. The third kappa shape index (κ3) is 2.85. The Morgan fingerprint density at radius 1 is 1.24 bits per heavy atom. The Balaban J connectivity index is 2.23. The Morgan fingerprint density at radius 2 is 1.81 bits per heavy atom. The molecule has 0 radical (unpaired) electrons. The van der Waals surface area contributed by atoms with Gasteiger partial charge in [-0.2, -0.15) is 13.2 Å². The van der Waals surface area contributed by atoms with Crippen LogP contribution in [0, 0.1) is 8.99 Å². The zero-order valence-corrected chi connectivity index (χ0v) is 12.8. The highest BCUT2D eigenvalue weighted by Crippen LogP contribution is 2.45. The average molecular weight is 413 g/mol. The maximum atomic E-state index is 13.0. The Labute approximate surface area is 132 Å². The lowest BCUT2D eigenvalue weighted by molar-refractivity contribution is -0.227. The third-order valence-corrected chi connectivity index (χ3v) is 4.32. The van der Waals surface area contributed by atoms with E-state index in [2.05, 4.69) is 0 Å². The van der Waals surface area contributed by atoms with Gasteiger partial charge in [0, 0.05) is 22.2 Å². The van der Waals surface area contributed by atoms with Crippen LogP contribution in [0.4, 0.5) is 13.2 Å². The van der Waals surface area contributed by atoms with Gasteiger partial charge >= 0.3 is 12.1 Å². The normalized spacial score (nSPS) is 22.4. The largest absolute Gasteiger partial charge is 0.481 e. The van der Waals surface area contributed by atoms with Crippen LogP contribution in [0.15, 0.2) is 24.3 Å². The van der Waals surface area contributed by atoms with Crippen LogP contribution in [0.2, 0.25) is 0 Å². The molecule has 1 amide bonds. The molecule has 1 aliphatic rings. The number of carboxylic acids is 1. The van der Waals surface area contributed by atoms with Crippen LogP contribution < -0.4 is 0 Å². The van der Waals surface area contributed by atoms with E-state index in [4.69, 9.17) is 5.11 Å². The van der Waals surface area contributed by atoms with E-state index in [1.54, 1.807) is 12.1 Å². The van der Waals surface area contributed by atoms with Crippen molar-refractivity contribution in [1.82, 2.24) is 4.90 Å². The summed E-state index contributed by atoms with van der Waals surface area (Å²) in [5.74, 6) is -2.52. The second kappa shape index (κ2) is 5.47. The zero-order valence-electron chi connectivity index (χ0n) is 10.7. The predicted molar refractivity (Wildman–Crippen MR) is 75.8 cm³/mol. The van der Waals surface area contributed by atoms with Gasteiger partial charge in [0.05, 0.1) is 0 Å². The van der Waals surface area contributed by atoms with Gasteiger partial charge in [-0.3, -0.25) is 9.59 Å². The molecule has 0 bridgehead atoms. The first kappa shape index (κ1) is 16.1. The quantitative estimate of drug-likeness (QED) is 0.759. The number of carboxylic acid groups (broad SMARTS) is 1. The van der Waals surface area contributed by atoms with Crippen LogP contribution in [-0.2, 0) is 4.79 Å². The molecular formula is C13H11F3INO3. The first-order chi connectivity index (χ1) is 9.67. The Hall–Kier alpha value is -1.32. The van der Waals surface area contributed by atoms with Crippen molar-refractivity contribution in [3.8, 4) is 0 Å². The van der Waals surface area contributed by atoms with Crippen LogP contribution >= 0.6 is 22.6 Å². The van der Waals surface area contributed by atoms with Crippen LogP contribution in [0.5, 0.6) is 0 Å². The van der Waals surface area contributed by atoms with Crippen molar-refractivity contribution in [3.05, 3.63) is 33.4 Å². The van der Waals surface area contributed by atoms with E-state index in [-0.39, 0.29) is 12.1 Å². The van der Waals surface area contributed by atoms with Crippen molar-refractivity contribution < 1.29 is 27.9 Å². The summed E-state index contributed by atoms with van der Waals surface area (Å²) in [6.07, 6.45) is -5.51. The molecule has 1 saturated heterocycles. The predicted octanol–water partition coefficient (Wildman–Crippen LogP) is 2.77. The number of alkyl halides is 3. The van der Waals surface area contributed by atoms with Crippen LogP contribution in [-0.4, -0.2) is 41.1 Å². The molecule has 0 saturated carbocycles. The molecule has 1 heterocycles. The second-order valence-electron chi connectivity index (χ2n) is 4.87. The molecule has 0 aliphatic carbocycles. The van der Waals surface area contributed by atoms with Gasteiger partial charge in [0.25, 0.3) is 5.91 Å². The highest BCUT2D eigenvalue weighted by molar-refractivity contribution is 14.1. The van der Waals surface area contributed by atoms with E-state index in [1.807, 2.05) is 22.6 Å². The zero-order chi connectivity index (χ0) is 15.8. The van der Waals surface area contributed by atoms with Crippen molar-refractivity contribution in [2.75, 3.05) is 13.1 Å². The van der Waals surface area contributed by atoms with E-state index < -0.39 is 36.4 Å². The van der Waals surface area contributed by atoms with Gasteiger partial charge < -0.3 is 10.0 Å². The Bertz CT molecular complexity index is 573. The van der Waals surface area contributed by atoms with Gasteiger partial charge in [-0.15, -0.1) is 0 Å². The van der Waals surface area contributed by atoms with Crippen LogP contribution in [0.3, 0.4) is 0 Å². The number of carbonyl (C=O) groups is 2. The van der Waals surface area contributed by atoms with Gasteiger partial charge in [0.15, 0.2) is 5.41 Å². The van der Waals surface area contributed by atoms with Crippen molar-refractivity contribution in [3.63, 3.8) is 0 Å². The number of carbonyl (C=O) groups excluding carboxylic acids is 1. The van der Waals surface area contributed by atoms with Crippen LogP contribution in [0.1, 0.15) is 16.8 Å². The van der Waals surface area contributed by atoms with Gasteiger partial charge in [0.2, 0.25) is 0 Å². The summed E-state index contributed by atoms with van der Waals surface area (Å²) in [5.41, 5.74) is -2.62. The van der Waals surface area contributed by atoms with Crippen molar-refractivity contribution in [2.45, 2.75) is 12.6 Å². The van der Waals surface area contributed by atoms with Crippen LogP contribution in [0.25, 0.3) is 0 Å². The third-order valence-electron chi connectivity index (χ3n) is 3.60. The molecular weight excluding hydrogens is 402 g/mol. The van der Waals surface area contributed by atoms with E-state index in [0.717, 1.165) is 8.47 Å². The highest BCUT2D eigenvalue weighted by Gasteiger charge is 2.64. The molecule has 2 rings (SSSR count). The van der Waals surface area contributed by atoms with E-state index in [1.165, 1.54) is 12.1 Å². The molecule has 0 aromatic heterocycles. The fraction of sp³-hybridized carbons (Fsp3) is 0.385. The fourth-order valence-corrected chi connectivity index (χ4v) is 2.64. The summed E-state index contributed by atoms with van der Waals surface area (Å²) in [7, 11) is 0. The monoisotopic (exact) mass is 413 g/mol. The molecule has 114 valence electrons. The maximum Gasteiger partial charge on any atom is 0.406 e. The standard InChI is InChI=1S/C13H11F3INO3/c14-13(15,16)12(11(20)21)5-6-18(7-12)10(19)8-1-3-9(17)4-2-8/h1-4H,5-7H2,(H,20,21). The Morgan fingerprint density at radius 3 is 2.24 bits per heavy atom. The smallest absolute Gasteiger partial charge is 0.406 e. The number of likely N-dealkylation sites (tertiary alicyclic amines) is 1. The first-order valence-corrected chi connectivity index (χ1v) is 7.10. The minimum Gasteiger partial charge on any atom is -0.481 e. The molecule has 1 aliphatic heterocycles. The van der Waals surface area contributed by atoms with Gasteiger partial charge in [-0.25, -0.2) is 0 Å². The summed E-state index contributed by atoms with van der Waals surface area (Å²) < 4.78 is 40.0. The molecule has 1 atom stereocenters. The lowest BCUT2D eigenvalue weighted by Gasteiger charge is -2.27. The molecule has 1 unspecified atom stereocenters. The summed E-state index contributed by atoms with van der Waals surface area (Å²) in [6, 6.07) is 6.35. The molecule has 1 N–H and O–H groups in total. The number of halogens is 4. The minimum atomic E-state index is -4.89. The van der Waals surface area contributed by atoms with E-state index >= 15 is 0 Å². The summed E-state index contributed by atoms with van der Waals surface area (Å²) in [5, 5.41) is 8.95. The van der Waals surface area contributed by atoms with E-state index in [9.17, 15) is 22.8 Å². The SMILES string of the molecule is O=C(c1ccc(I)cc1)N1CCC(C(=O)O)(C(F)(F)F)C1. The number of aliphatic carboxylic acids is 1. The minimum absolute atomic E-state index is 0.226. The number of amides is 1. The molecule has 0 spiro atoms. The lowest BCUT2D eigenvalue weighted by Crippen LogP contribution is -2.47. The molecule has 1 fully saturated rings. The lowest BCUT2D eigenvalue weighted by atomic mass is 9.86. The highest BCUT2D eigenvalue weighted by atomic mass is 127. The van der Waals surface area contributed by atoms with Gasteiger partial charge in [-0.05, 0) is 53.3 Å². The fourth-order valence-electron chi connectivity index (χ4n) is 2.29. The molecule has 21 heavy (non-hydrogen) atoms. The number of hydrogen-bond acceptors (Lipinski definition) is 2. The Kier molecular flexibility index (Phi) is 4.18. The molecule has 1 aromatic carbocycles. The maximum absolute atomic E-state index is 13.0. The van der Waals surface area contributed by atoms with Gasteiger partial charge in [0.1, 0.15) is 0 Å². The van der Waals surface area contributed by atoms with Crippen molar-refractivity contribution in [1.29, 1.82) is 0 Å². The molecule has 4 nitrogen and oxygen atoms in total. The number of hydrogen-bond donors (Lipinski definition) is 1. The number of nitrogens with zero attached hydrogens (tertiary/aromatic N) is 1. The first-order valence-electron chi connectivity index (χ1n) is 6.02. The summed E-state index contributed by atoms with van der Waals surface area (Å²) in [4.78, 5) is 24.2. The molecule has 8 heteroatoms. The summed E-state index contributed by atoms with van der Waals surface area (Å²) in [6.45, 7) is -1.08. The van der Waals surface area contributed by atoms with Gasteiger partial charge in [-0.1, -0.05) is 0 Å². The topological polar surface area (TPSA) is 57.6 Å².